The van der Waals surface area contributed by atoms with Gasteiger partial charge in [0.15, 0.2) is 0 Å². The average molecular weight is 254 g/mol. The van der Waals surface area contributed by atoms with Gasteiger partial charge in [-0.1, -0.05) is 24.6 Å². The van der Waals surface area contributed by atoms with Gasteiger partial charge in [0.1, 0.15) is 0 Å². The van der Waals surface area contributed by atoms with Crippen LogP contribution in [0.5, 0.6) is 0 Å². The maximum atomic E-state index is 11.6. The number of carboxylic acids is 1. The molecule has 0 spiro atoms. The van der Waals surface area contributed by atoms with E-state index < -0.39 is 5.97 Å². The lowest BCUT2D eigenvalue weighted by Crippen LogP contribution is -2.25. The zero-order chi connectivity index (χ0) is 13.4. The van der Waals surface area contributed by atoms with E-state index in [-0.39, 0.29) is 0 Å². The number of fused-ring (bicyclic) bond motifs is 2. The van der Waals surface area contributed by atoms with Crippen molar-refractivity contribution in [3.8, 4) is 0 Å². The molecule has 1 aromatic carbocycles. The lowest BCUT2D eigenvalue weighted by atomic mass is 9.96. The van der Waals surface area contributed by atoms with Crippen LogP contribution in [0.3, 0.4) is 0 Å². The second-order valence-corrected chi connectivity index (χ2v) is 5.23. The molecule has 3 heteroatoms. The van der Waals surface area contributed by atoms with E-state index in [1.807, 2.05) is 25.1 Å². The number of carboxylic acid groups (broad SMARTS) is 1. The van der Waals surface area contributed by atoms with Gasteiger partial charge in [0.2, 0.25) is 0 Å². The molecule has 0 radical (unpaired) electrons. The molecule has 1 aromatic heterocycles. The molecule has 0 fully saturated rings. The van der Waals surface area contributed by atoms with Crippen LogP contribution < -0.4 is 5.11 Å². The summed E-state index contributed by atoms with van der Waals surface area (Å²) in [6, 6.07) is 5.69. The summed E-state index contributed by atoms with van der Waals surface area (Å²) in [7, 11) is 0. The summed E-state index contributed by atoms with van der Waals surface area (Å²) in [5.74, 6) is -1.07. The SMILES string of the molecule is Cc1cccc2c(C(=O)[O-])c3c(nc12)CCCCC3. The van der Waals surface area contributed by atoms with Gasteiger partial charge in [-0.05, 0) is 43.7 Å². The molecule has 3 rings (SSSR count). The molecule has 1 aliphatic carbocycles. The van der Waals surface area contributed by atoms with Gasteiger partial charge in [-0.15, -0.1) is 0 Å². The van der Waals surface area contributed by atoms with Crippen molar-refractivity contribution in [1.82, 2.24) is 4.98 Å². The Bertz CT molecular complexity index is 661. The highest BCUT2D eigenvalue weighted by Gasteiger charge is 2.18. The summed E-state index contributed by atoms with van der Waals surface area (Å²) in [4.78, 5) is 16.3. The number of aryl methyl sites for hydroxylation is 2. The Kier molecular flexibility index (Phi) is 2.97. The number of nitrogens with zero attached hydrogens (tertiary/aromatic N) is 1. The van der Waals surface area contributed by atoms with Crippen LogP contribution in [0.25, 0.3) is 10.9 Å². The lowest BCUT2D eigenvalue weighted by Gasteiger charge is -2.17. The monoisotopic (exact) mass is 254 g/mol. The summed E-state index contributed by atoms with van der Waals surface area (Å²) >= 11 is 0. The molecule has 0 amide bonds. The molecule has 0 N–H and O–H groups in total. The van der Waals surface area contributed by atoms with E-state index >= 15 is 0 Å². The number of benzene rings is 1. The Morgan fingerprint density at radius 3 is 2.79 bits per heavy atom. The number of carbonyl (C=O) groups excluding carboxylic acids is 1. The van der Waals surface area contributed by atoms with E-state index in [9.17, 15) is 9.90 Å². The van der Waals surface area contributed by atoms with Gasteiger partial charge < -0.3 is 9.90 Å². The first-order valence-corrected chi connectivity index (χ1v) is 6.81. The maximum Gasteiger partial charge on any atom is 0.0741 e. The fraction of sp³-hybridized carbons (Fsp3) is 0.375. The number of para-hydroxylation sites is 1. The predicted molar refractivity (Wildman–Crippen MR) is 72.1 cm³/mol. The van der Waals surface area contributed by atoms with Crippen LogP contribution in [-0.4, -0.2) is 11.0 Å². The Morgan fingerprint density at radius 1 is 1.21 bits per heavy atom. The first-order chi connectivity index (χ1) is 9.18. The Morgan fingerprint density at radius 2 is 2.00 bits per heavy atom. The first-order valence-electron chi connectivity index (χ1n) is 6.81. The van der Waals surface area contributed by atoms with E-state index in [4.69, 9.17) is 4.98 Å². The largest absolute Gasteiger partial charge is 0.545 e. The van der Waals surface area contributed by atoms with E-state index in [0.717, 1.165) is 59.8 Å². The molecule has 0 saturated carbocycles. The number of hydrogen-bond donors (Lipinski definition) is 0. The van der Waals surface area contributed by atoms with Crippen molar-refractivity contribution in [1.29, 1.82) is 0 Å². The summed E-state index contributed by atoms with van der Waals surface area (Å²) in [6.45, 7) is 1.97. The lowest BCUT2D eigenvalue weighted by molar-refractivity contribution is -0.254. The highest BCUT2D eigenvalue weighted by molar-refractivity contribution is 6.04. The van der Waals surface area contributed by atoms with Gasteiger partial charge >= 0.3 is 0 Å². The molecule has 0 aliphatic heterocycles. The van der Waals surface area contributed by atoms with Crippen molar-refractivity contribution in [3.63, 3.8) is 0 Å². The maximum absolute atomic E-state index is 11.6. The molecule has 0 bridgehead atoms. The minimum atomic E-state index is -1.07. The zero-order valence-corrected chi connectivity index (χ0v) is 11.0. The summed E-state index contributed by atoms with van der Waals surface area (Å²) < 4.78 is 0. The van der Waals surface area contributed by atoms with Crippen LogP contribution in [0.2, 0.25) is 0 Å². The normalized spacial score (nSPS) is 15.0. The second-order valence-electron chi connectivity index (χ2n) is 5.23. The Labute approximate surface area is 112 Å². The number of hydrogen-bond acceptors (Lipinski definition) is 3. The number of pyridine rings is 1. The third-order valence-electron chi connectivity index (χ3n) is 3.95. The number of carbonyl (C=O) groups is 1. The molecular formula is C16H16NO2-. The standard InChI is InChI=1S/C16H17NO2/c1-10-6-5-8-12-14(16(18)19)11-7-3-2-4-9-13(11)17-15(10)12/h5-6,8H,2-4,7,9H2,1H3,(H,18,19)/p-1. The quantitative estimate of drug-likeness (QED) is 0.733. The highest BCUT2D eigenvalue weighted by atomic mass is 16.4. The van der Waals surface area contributed by atoms with Gasteiger partial charge in [-0.3, -0.25) is 4.98 Å². The molecule has 0 unspecified atom stereocenters. The van der Waals surface area contributed by atoms with E-state index in [1.54, 1.807) is 0 Å². The number of rotatable bonds is 1. The van der Waals surface area contributed by atoms with Crippen molar-refractivity contribution in [3.05, 3.63) is 40.6 Å². The number of aromatic nitrogens is 1. The van der Waals surface area contributed by atoms with Crippen molar-refractivity contribution >= 4 is 16.9 Å². The molecule has 0 atom stereocenters. The molecule has 0 saturated heterocycles. The van der Waals surface area contributed by atoms with Crippen LogP contribution >= 0.6 is 0 Å². The molecule has 1 aliphatic rings. The van der Waals surface area contributed by atoms with E-state index in [2.05, 4.69) is 0 Å². The van der Waals surface area contributed by atoms with Crippen LogP contribution in [0, 0.1) is 6.92 Å². The first kappa shape index (κ1) is 12.2. The van der Waals surface area contributed by atoms with E-state index in [1.165, 1.54) is 0 Å². The van der Waals surface area contributed by atoms with Crippen LogP contribution in [0.1, 0.15) is 46.4 Å². The fourth-order valence-corrected chi connectivity index (χ4v) is 3.00. The molecule has 1 heterocycles. The van der Waals surface area contributed by atoms with Crippen LogP contribution in [-0.2, 0) is 12.8 Å². The molecule has 2 aromatic rings. The second kappa shape index (κ2) is 4.65. The predicted octanol–water partition coefficient (Wildman–Crippen LogP) is 2.18. The smallest absolute Gasteiger partial charge is 0.0741 e. The third kappa shape index (κ3) is 1.99. The van der Waals surface area contributed by atoms with Crippen LogP contribution in [0.4, 0.5) is 0 Å². The minimum absolute atomic E-state index is 0.366. The average Bonchev–Trinajstić information content (AvgIpc) is 2.61. The van der Waals surface area contributed by atoms with Crippen molar-refractivity contribution in [2.45, 2.75) is 39.0 Å². The minimum Gasteiger partial charge on any atom is -0.545 e. The highest BCUT2D eigenvalue weighted by Crippen LogP contribution is 2.29. The van der Waals surface area contributed by atoms with Crippen LogP contribution in [0.15, 0.2) is 18.2 Å². The summed E-state index contributed by atoms with van der Waals surface area (Å²) in [6.07, 6.45) is 4.93. The number of aromatic carboxylic acids is 1. The van der Waals surface area contributed by atoms with Gasteiger partial charge in [0.25, 0.3) is 0 Å². The summed E-state index contributed by atoms with van der Waals surface area (Å²) in [5, 5.41) is 12.3. The van der Waals surface area contributed by atoms with Crippen molar-refractivity contribution in [2.24, 2.45) is 0 Å². The van der Waals surface area contributed by atoms with Crippen molar-refractivity contribution < 1.29 is 9.90 Å². The topological polar surface area (TPSA) is 53.0 Å². The Hall–Kier alpha value is -1.90. The molecular weight excluding hydrogens is 238 g/mol. The Balaban J connectivity index is 2.40. The zero-order valence-electron chi connectivity index (χ0n) is 11.0. The molecule has 98 valence electrons. The van der Waals surface area contributed by atoms with Gasteiger partial charge in [0, 0.05) is 16.6 Å². The fourth-order valence-electron chi connectivity index (χ4n) is 3.00. The molecule has 19 heavy (non-hydrogen) atoms. The van der Waals surface area contributed by atoms with Gasteiger partial charge in [0.05, 0.1) is 11.5 Å². The third-order valence-corrected chi connectivity index (χ3v) is 3.95. The van der Waals surface area contributed by atoms with E-state index in [0.29, 0.717) is 5.56 Å². The summed E-state index contributed by atoms with van der Waals surface area (Å²) in [5.41, 5.74) is 4.05. The van der Waals surface area contributed by atoms with Gasteiger partial charge in [-0.2, -0.15) is 0 Å². The van der Waals surface area contributed by atoms with Crippen molar-refractivity contribution in [2.75, 3.05) is 0 Å². The van der Waals surface area contributed by atoms with Gasteiger partial charge in [-0.25, -0.2) is 0 Å². The molecule has 3 nitrogen and oxygen atoms in total.